The van der Waals surface area contributed by atoms with Crippen molar-refractivity contribution in [2.75, 3.05) is 20.3 Å². The van der Waals surface area contributed by atoms with Crippen LogP contribution >= 0.6 is 35.4 Å². The fourth-order valence-electron chi connectivity index (χ4n) is 3.59. The molecule has 2 aromatic carbocycles. The Labute approximate surface area is 200 Å². The lowest BCUT2D eigenvalue weighted by Gasteiger charge is -2.28. The van der Waals surface area contributed by atoms with E-state index in [-0.39, 0.29) is 17.2 Å². The van der Waals surface area contributed by atoms with E-state index in [0.29, 0.717) is 23.2 Å². The summed E-state index contributed by atoms with van der Waals surface area (Å²) in [7, 11) is 1.54. The first-order valence-corrected chi connectivity index (χ1v) is 10.9. The largest absolute Gasteiger partial charge is 0.383 e. The molecule has 1 aliphatic heterocycles. The summed E-state index contributed by atoms with van der Waals surface area (Å²) in [5.74, 6) is -0.966. The van der Waals surface area contributed by atoms with Crippen LogP contribution in [0.2, 0.25) is 10.0 Å². The van der Waals surface area contributed by atoms with E-state index in [9.17, 15) is 9.59 Å². The number of nitrogens with one attached hydrogen (secondary N) is 1. The van der Waals surface area contributed by atoms with Gasteiger partial charge in [0.15, 0.2) is 5.11 Å². The molecule has 164 valence electrons. The average Bonchev–Trinajstić information content (AvgIpc) is 3.11. The second-order valence-corrected chi connectivity index (χ2v) is 8.45. The number of carbonyl (C=O) groups is 2. The average molecular weight is 488 g/mol. The monoisotopic (exact) mass is 487 g/mol. The van der Waals surface area contributed by atoms with Crippen LogP contribution in [0.5, 0.6) is 0 Å². The normalized spacial score (nSPS) is 15.7. The Morgan fingerprint density at radius 2 is 1.91 bits per heavy atom. The van der Waals surface area contributed by atoms with Gasteiger partial charge >= 0.3 is 0 Å². The quantitative estimate of drug-likeness (QED) is 0.320. The zero-order chi connectivity index (χ0) is 22.8. The molecule has 0 radical (unpaired) electrons. The van der Waals surface area contributed by atoms with E-state index >= 15 is 0 Å². The Balaban J connectivity index is 1.73. The summed E-state index contributed by atoms with van der Waals surface area (Å²) in [6.45, 7) is 1.10. The summed E-state index contributed by atoms with van der Waals surface area (Å²) in [6, 6.07) is 13.3. The van der Waals surface area contributed by atoms with Crippen LogP contribution in [0, 0.1) is 0 Å². The number of ether oxygens (including phenoxy) is 1. The topological polar surface area (TPSA) is 63.6 Å². The van der Waals surface area contributed by atoms with Crippen molar-refractivity contribution in [1.29, 1.82) is 0 Å². The number of aromatic nitrogens is 1. The standard InChI is InChI=1S/C23H19Cl2N3O3S/c1-31-9-8-28-22(30)17(21(29)26-23(28)32)11-15-13-27(20-5-3-2-4-16(15)20)12-14-6-7-18(24)19(25)10-14/h2-7,10-11,13H,8-9,12H2,1H3,(H,26,29,32)/b17-11+. The van der Waals surface area contributed by atoms with Crippen molar-refractivity contribution in [3.8, 4) is 0 Å². The number of carbonyl (C=O) groups excluding carboxylic acids is 2. The Morgan fingerprint density at radius 3 is 2.66 bits per heavy atom. The van der Waals surface area contributed by atoms with Gasteiger partial charge in [0.05, 0.1) is 23.2 Å². The molecular weight excluding hydrogens is 469 g/mol. The third kappa shape index (κ3) is 4.42. The molecule has 0 aliphatic carbocycles. The fourth-order valence-corrected chi connectivity index (χ4v) is 4.18. The predicted octanol–water partition coefficient (Wildman–Crippen LogP) is 4.27. The first kappa shape index (κ1) is 22.5. The summed E-state index contributed by atoms with van der Waals surface area (Å²) in [4.78, 5) is 26.9. The summed E-state index contributed by atoms with van der Waals surface area (Å²) in [6.07, 6.45) is 3.51. The number of thiocarbonyl (C=S) groups is 1. The number of benzene rings is 2. The van der Waals surface area contributed by atoms with Gasteiger partial charge in [-0.1, -0.05) is 47.5 Å². The molecule has 2 heterocycles. The molecule has 1 aliphatic rings. The van der Waals surface area contributed by atoms with Crippen LogP contribution in [0.4, 0.5) is 0 Å². The summed E-state index contributed by atoms with van der Waals surface area (Å²) in [5.41, 5.74) is 2.70. The summed E-state index contributed by atoms with van der Waals surface area (Å²) >= 11 is 17.4. The van der Waals surface area contributed by atoms with Gasteiger partial charge in [0, 0.05) is 36.3 Å². The highest BCUT2D eigenvalue weighted by atomic mass is 35.5. The SMILES string of the molecule is COCCN1C(=O)/C(=C/c2cn(Cc3ccc(Cl)c(Cl)c3)c3ccccc23)C(=O)NC1=S. The molecule has 0 unspecified atom stereocenters. The highest BCUT2D eigenvalue weighted by molar-refractivity contribution is 7.80. The number of amides is 2. The lowest BCUT2D eigenvalue weighted by atomic mass is 10.1. The number of fused-ring (bicyclic) bond motifs is 1. The zero-order valence-corrected chi connectivity index (χ0v) is 19.4. The number of hydrogen-bond donors (Lipinski definition) is 1. The maximum Gasteiger partial charge on any atom is 0.265 e. The maximum atomic E-state index is 13.0. The van der Waals surface area contributed by atoms with Gasteiger partial charge in [-0.25, -0.2) is 0 Å². The molecule has 0 spiro atoms. The molecule has 2 amide bonds. The molecule has 4 rings (SSSR count). The third-order valence-electron chi connectivity index (χ3n) is 5.16. The van der Waals surface area contributed by atoms with Gasteiger partial charge in [-0.05, 0) is 42.1 Å². The zero-order valence-electron chi connectivity index (χ0n) is 17.1. The van der Waals surface area contributed by atoms with Gasteiger partial charge in [0.1, 0.15) is 5.57 Å². The van der Waals surface area contributed by atoms with E-state index in [1.165, 1.54) is 12.0 Å². The van der Waals surface area contributed by atoms with Crippen LogP contribution in [-0.4, -0.2) is 46.7 Å². The molecule has 32 heavy (non-hydrogen) atoms. The molecule has 3 aromatic rings. The van der Waals surface area contributed by atoms with E-state index < -0.39 is 11.8 Å². The third-order valence-corrected chi connectivity index (χ3v) is 6.22. The van der Waals surface area contributed by atoms with Crippen LogP contribution in [0.25, 0.3) is 17.0 Å². The molecule has 0 atom stereocenters. The lowest BCUT2D eigenvalue weighted by molar-refractivity contribution is -0.129. The number of para-hydroxylation sites is 1. The number of nitrogens with zero attached hydrogens (tertiary/aromatic N) is 2. The highest BCUT2D eigenvalue weighted by Crippen LogP contribution is 2.27. The molecule has 0 saturated carbocycles. The molecule has 9 heteroatoms. The Morgan fingerprint density at radius 1 is 1.12 bits per heavy atom. The second kappa shape index (κ2) is 9.42. The van der Waals surface area contributed by atoms with Gasteiger partial charge in [-0.3, -0.25) is 19.8 Å². The van der Waals surface area contributed by atoms with E-state index in [2.05, 4.69) is 5.32 Å². The van der Waals surface area contributed by atoms with Gasteiger partial charge in [-0.2, -0.15) is 0 Å². The van der Waals surface area contributed by atoms with E-state index in [1.54, 1.807) is 12.1 Å². The smallest absolute Gasteiger partial charge is 0.265 e. The minimum Gasteiger partial charge on any atom is -0.383 e. The van der Waals surface area contributed by atoms with Gasteiger partial charge in [-0.15, -0.1) is 0 Å². The number of hydrogen-bond acceptors (Lipinski definition) is 4. The van der Waals surface area contributed by atoms with Crippen molar-refractivity contribution in [1.82, 2.24) is 14.8 Å². The summed E-state index contributed by atoms with van der Waals surface area (Å²) in [5, 5.41) is 4.56. The second-order valence-electron chi connectivity index (χ2n) is 7.24. The van der Waals surface area contributed by atoms with Crippen LogP contribution in [-0.2, 0) is 20.9 Å². The number of rotatable bonds is 6. The van der Waals surface area contributed by atoms with Crippen molar-refractivity contribution >= 4 is 69.3 Å². The minimum atomic E-state index is -0.519. The van der Waals surface area contributed by atoms with Gasteiger partial charge in [0.25, 0.3) is 11.8 Å². The number of halogens is 2. The molecule has 6 nitrogen and oxygen atoms in total. The Kier molecular flexibility index (Phi) is 6.62. The van der Waals surface area contributed by atoms with Crippen molar-refractivity contribution in [2.45, 2.75) is 6.54 Å². The lowest BCUT2D eigenvalue weighted by Crippen LogP contribution is -2.54. The summed E-state index contributed by atoms with van der Waals surface area (Å²) < 4.78 is 7.09. The predicted molar refractivity (Wildman–Crippen MR) is 130 cm³/mol. The van der Waals surface area contributed by atoms with Crippen LogP contribution in [0.3, 0.4) is 0 Å². The number of methoxy groups -OCH3 is 1. The van der Waals surface area contributed by atoms with Crippen LogP contribution < -0.4 is 5.32 Å². The fraction of sp³-hybridized carbons (Fsp3) is 0.174. The van der Waals surface area contributed by atoms with Crippen molar-refractivity contribution in [3.63, 3.8) is 0 Å². The minimum absolute atomic E-state index is 0.0205. The molecular formula is C23H19Cl2N3O3S. The maximum absolute atomic E-state index is 13.0. The first-order valence-electron chi connectivity index (χ1n) is 9.78. The highest BCUT2D eigenvalue weighted by Gasteiger charge is 2.33. The molecule has 1 fully saturated rings. The van der Waals surface area contributed by atoms with Crippen LogP contribution in [0.1, 0.15) is 11.1 Å². The first-order chi connectivity index (χ1) is 15.4. The molecule has 0 bridgehead atoms. The van der Waals surface area contributed by atoms with E-state index in [1.807, 2.05) is 47.2 Å². The van der Waals surface area contributed by atoms with Crippen molar-refractivity contribution in [2.24, 2.45) is 0 Å². The molecule has 1 N–H and O–H groups in total. The van der Waals surface area contributed by atoms with Crippen molar-refractivity contribution < 1.29 is 14.3 Å². The van der Waals surface area contributed by atoms with E-state index in [4.69, 9.17) is 40.2 Å². The van der Waals surface area contributed by atoms with Crippen LogP contribution in [0.15, 0.2) is 54.2 Å². The van der Waals surface area contributed by atoms with Crippen molar-refractivity contribution in [3.05, 3.63) is 75.4 Å². The van der Waals surface area contributed by atoms with Gasteiger partial charge < -0.3 is 9.30 Å². The molecule has 1 saturated heterocycles. The Bertz CT molecular complexity index is 1270. The van der Waals surface area contributed by atoms with Gasteiger partial charge in [0.2, 0.25) is 0 Å². The molecule has 1 aromatic heterocycles. The Hall–Kier alpha value is -2.71. The van der Waals surface area contributed by atoms with E-state index in [0.717, 1.165) is 22.0 Å².